The minimum absolute atomic E-state index is 0.0164. The van der Waals surface area contributed by atoms with Crippen LogP contribution in [0.3, 0.4) is 0 Å². The molecular weight excluding hydrogens is 804 g/mol. The maximum atomic E-state index is 13.0. The summed E-state index contributed by atoms with van der Waals surface area (Å²) < 4.78 is 23.4. The second-order valence-corrected chi connectivity index (χ2v) is 22.1. The number of hydrogen-bond donors (Lipinski definition) is 2. The van der Waals surface area contributed by atoms with Crippen LogP contribution in [-0.2, 0) is 18.4 Å². The van der Waals surface area contributed by atoms with Gasteiger partial charge in [-0.1, -0.05) is 271 Å². The van der Waals surface area contributed by atoms with Crippen molar-refractivity contribution in [1.29, 1.82) is 0 Å². The maximum Gasteiger partial charge on any atom is 0.268 e. The van der Waals surface area contributed by atoms with E-state index in [1.165, 1.54) is 225 Å². The monoisotopic (exact) mass is 915 g/mol. The van der Waals surface area contributed by atoms with Crippen molar-refractivity contribution in [2.24, 2.45) is 0 Å². The highest BCUT2D eigenvalue weighted by atomic mass is 31.2. The molecule has 63 heavy (non-hydrogen) atoms. The molecule has 1 unspecified atom stereocenters. The van der Waals surface area contributed by atoms with Gasteiger partial charge in [-0.05, 0) is 12.8 Å². The minimum atomic E-state index is -4.56. The Bertz CT molecular complexity index is 994. The van der Waals surface area contributed by atoms with Gasteiger partial charge in [0.05, 0.1) is 39.9 Å². The number of nitrogens with one attached hydrogen (secondary N) is 1. The summed E-state index contributed by atoms with van der Waals surface area (Å²) in [6, 6.07) is -0.794. The molecule has 8 nitrogen and oxygen atoms in total. The fourth-order valence-electron chi connectivity index (χ4n) is 8.69. The number of unbranched alkanes of at least 4 members (excludes halogenated alkanes) is 39. The number of aliphatic hydroxyl groups excluding tert-OH is 1. The summed E-state index contributed by atoms with van der Waals surface area (Å²) in [6.45, 7) is 4.76. The number of rotatable bonds is 52. The molecule has 0 heterocycles. The van der Waals surface area contributed by atoms with Crippen LogP contribution < -0.4 is 10.2 Å². The Labute approximate surface area is 393 Å². The second-order valence-electron chi connectivity index (χ2n) is 20.7. The smallest absolute Gasteiger partial charge is 0.268 e. The number of nitrogens with zero attached hydrogens (tertiary/aromatic N) is 1. The van der Waals surface area contributed by atoms with Crippen molar-refractivity contribution in [2.45, 2.75) is 302 Å². The van der Waals surface area contributed by atoms with E-state index in [1.807, 2.05) is 21.1 Å². The third kappa shape index (κ3) is 49.2. The lowest BCUT2D eigenvalue weighted by Gasteiger charge is -2.30. The number of quaternary nitrogens is 1. The largest absolute Gasteiger partial charge is 0.756 e. The average Bonchev–Trinajstić information content (AvgIpc) is 3.24. The molecule has 3 atom stereocenters. The standard InChI is InChI=1S/C54H111N2O6P/c1-6-8-10-12-14-16-18-20-22-23-24-25-26-27-28-29-30-31-32-33-34-36-38-40-42-44-46-48-54(58)55-52(51-62-63(59,60)61-50-49-56(3,4)5)53(57)47-45-43-41-39-37-35-21-19-17-15-13-11-9-7-2/h52-53,57H,6-51H2,1-5H3,(H-,55,58,59,60)/t52-,53+/m0/s1. The molecule has 0 aromatic rings. The SMILES string of the molecule is CCCCCCCCCCCCCCCCCCCCCCCCCCCCCC(=O)N[C@@H](COP(=O)([O-])OCC[N+](C)(C)C)[C@H](O)CCCCCCCCCCCCCCCC. The highest BCUT2D eigenvalue weighted by molar-refractivity contribution is 7.45. The Kier molecular flexibility index (Phi) is 46.2. The van der Waals surface area contributed by atoms with E-state index in [0.29, 0.717) is 23.9 Å². The van der Waals surface area contributed by atoms with E-state index in [-0.39, 0.29) is 19.1 Å². The third-order valence-electron chi connectivity index (χ3n) is 13.1. The average molecular weight is 915 g/mol. The van der Waals surface area contributed by atoms with Crippen molar-refractivity contribution in [3.8, 4) is 0 Å². The van der Waals surface area contributed by atoms with E-state index < -0.39 is 20.0 Å². The summed E-state index contributed by atoms with van der Waals surface area (Å²) in [5.74, 6) is -0.158. The van der Waals surface area contributed by atoms with Gasteiger partial charge in [0.2, 0.25) is 5.91 Å². The number of phosphoric ester groups is 1. The van der Waals surface area contributed by atoms with Crippen LogP contribution in [-0.4, -0.2) is 68.5 Å². The lowest BCUT2D eigenvalue weighted by molar-refractivity contribution is -0.870. The van der Waals surface area contributed by atoms with E-state index in [2.05, 4.69) is 19.2 Å². The van der Waals surface area contributed by atoms with Crippen LogP contribution in [0.15, 0.2) is 0 Å². The molecule has 0 saturated carbocycles. The lowest BCUT2D eigenvalue weighted by Crippen LogP contribution is -2.46. The van der Waals surface area contributed by atoms with Gasteiger partial charge in [-0.15, -0.1) is 0 Å². The number of likely N-dealkylation sites (N-methyl/N-ethyl adjacent to an activating group) is 1. The Hall–Kier alpha value is -0.500. The zero-order valence-electron chi connectivity index (χ0n) is 43.1. The summed E-state index contributed by atoms with van der Waals surface area (Å²) in [6.07, 6.45) is 54.2. The molecule has 0 aliphatic rings. The quantitative estimate of drug-likeness (QED) is 0.0357. The van der Waals surface area contributed by atoms with Crippen molar-refractivity contribution >= 4 is 13.7 Å². The first-order chi connectivity index (χ1) is 30.5. The maximum absolute atomic E-state index is 13.0. The predicted molar refractivity (Wildman–Crippen MR) is 270 cm³/mol. The Balaban J connectivity index is 4.05. The molecule has 2 N–H and O–H groups in total. The number of phosphoric acid groups is 1. The molecule has 0 aromatic heterocycles. The molecule has 0 aliphatic heterocycles. The fraction of sp³-hybridized carbons (Fsp3) is 0.981. The molecule has 0 spiro atoms. The molecule has 0 rings (SSSR count). The highest BCUT2D eigenvalue weighted by Crippen LogP contribution is 2.38. The van der Waals surface area contributed by atoms with Gasteiger partial charge in [-0.3, -0.25) is 9.36 Å². The van der Waals surface area contributed by atoms with Crippen molar-refractivity contribution in [3.63, 3.8) is 0 Å². The summed E-state index contributed by atoms with van der Waals surface area (Å²) in [5, 5.41) is 14.0. The van der Waals surface area contributed by atoms with Gasteiger partial charge in [0.25, 0.3) is 7.82 Å². The van der Waals surface area contributed by atoms with Crippen LogP contribution in [0.5, 0.6) is 0 Å². The zero-order chi connectivity index (χ0) is 46.4. The number of carbonyl (C=O) groups excluding carboxylic acids is 1. The van der Waals surface area contributed by atoms with Crippen molar-refractivity contribution < 1.29 is 32.9 Å². The first kappa shape index (κ1) is 62.5. The highest BCUT2D eigenvalue weighted by Gasteiger charge is 2.24. The summed E-state index contributed by atoms with van der Waals surface area (Å²) in [5.41, 5.74) is 0. The molecular formula is C54H111N2O6P. The molecule has 0 aromatic carbocycles. The van der Waals surface area contributed by atoms with E-state index in [4.69, 9.17) is 9.05 Å². The molecule has 378 valence electrons. The van der Waals surface area contributed by atoms with Crippen molar-refractivity contribution in [2.75, 3.05) is 40.9 Å². The van der Waals surface area contributed by atoms with Crippen LogP contribution >= 0.6 is 7.82 Å². The van der Waals surface area contributed by atoms with E-state index in [9.17, 15) is 19.4 Å². The van der Waals surface area contributed by atoms with E-state index >= 15 is 0 Å². The Morgan fingerprint density at radius 2 is 0.778 bits per heavy atom. The molecule has 0 saturated heterocycles. The van der Waals surface area contributed by atoms with E-state index in [1.54, 1.807) is 0 Å². The molecule has 0 aliphatic carbocycles. The summed E-state index contributed by atoms with van der Waals surface area (Å²) in [4.78, 5) is 25.5. The molecule has 0 fully saturated rings. The van der Waals surface area contributed by atoms with Crippen molar-refractivity contribution in [1.82, 2.24) is 5.32 Å². The second kappa shape index (κ2) is 46.6. The van der Waals surface area contributed by atoms with Gasteiger partial charge < -0.3 is 28.8 Å². The molecule has 9 heteroatoms. The van der Waals surface area contributed by atoms with Gasteiger partial charge in [-0.25, -0.2) is 0 Å². The topological polar surface area (TPSA) is 108 Å². The molecule has 0 radical (unpaired) electrons. The predicted octanol–water partition coefficient (Wildman–Crippen LogP) is 15.9. The molecule has 1 amide bonds. The van der Waals surface area contributed by atoms with Crippen LogP contribution in [0.1, 0.15) is 290 Å². The summed E-state index contributed by atoms with van der Waals surface area (Å²) >= 11 is 0. The van der Waals surface area contributed by atoms with Crippen LogP contribution in [0.2, 0.25) is 0 Å². The number of hydrogen-bond acceptors (Lipinski definition) is 6. The Morgan fingerprint density at radius 3 is 1.08 bits per heavy atom. The van der Waals surface area contributed by atoms with Crippen LogP contribution in [0.25, 0.3) is 0 Å². The normalized spacial score (nSPS) is 14.0. The molecule has 0 bridgehead atoms. The summed E-state index contributed by atoms with van der Waals surface area (Å²) in [7, 11) is 1.32. The van der Waals surface area contributed by atoms with Crippen LogP contribution in [0.4, 0.5) is 0 Å². The van der Waals surface area contributed by atoms with Crippen molar-refractivity contribution in [3.05, 3.63) is 0 Å². The first-order valence-corrected chi connectivity index (χ1v) is 29.3. The number of aliphatic hydroxyl groups is 1. The zero-order valence-corrected chi connectivity index (χ0v) is 44.0. The van der Waals surface area contributed by atoms with Gasteiger partial charge in [0.15, 0.2) is 0 Å². The lowest BCUT2D eigenvalue weighted by atomic mass is 10.0. The third-order valence-corrected chi connectivity index (χ3v) is 14.1. The minimum Gasteiger partial charge on any atom is -0.756 e. The van der Waals surface area contributed by atoms with Gasteiger partial charge >= 0.3 is 0 Å². The van der Waals surface area contributed by atoms with Crippen LogP contribution in [0, 0.1) is 0 Å². The van der Waals surface area contributed by atoms with Gasteiger partial charge in [0.1, 0.15) is 13.2 Å². The Morgan fingerprint density at radius 1 is 0.492 bits per heavy atom. The first-order valence-electron chi connectivity index (χ1n) is 27.9. The number of amides is 1. The van der Waals surface area contributed by atoms with E-state index in [0.717, 1.165) is 38.5 Å². The fourth-order valence-corrected chi connectivity index (χ4v) is 9.41. The van der Waals surface area contributed by atoms with Gasteiger partial charge in [0, 0.05) is 6.42 Å². The number of carbonyl (C=O) groups is 1. The van der Waals surface area contributed by atoms with Gasteiger partial charge in [-0.2, -0.15) is 0 Å².